The number of carbonyl (C=O) groups excluding carboxylic acids is 1. The van der Waals surface area contributed by atoms with Crippen molar-refractivity contribution in [2.75, 3.05) is 17.6 Å². The van der Waals surface area contributed by atoms with Crippen molar-refractivity contribution in [2.24, 2.45) is 5.73 Å². The molecule has 1 amide bonds. The fourth-order valence-corrected chi connectivity index (χ4v) is 1.70. The van der Waals surface area contributed by atoms with Gasteiger partial charge in [0.05, 0.1) is 17.4 Å². The molecule has 2 heterocycles. The van der Waals surface area contributed by atoms with Crippen LogP contribution in [-0.4, -0.2) is 22.4 Å². The van der Waals surface area contributed by atoms with Crippen LogP contribution in [0.2, 0.25) is 0 Å². The van der Waals surface area contributed by atoms with E-state index in [1.807, 2.05) is 12.1 Å². The number of aromatic nitrogens is 2. The topological polar surface area (TPSA) is 107 Å². The molecule has 19 heavy (non-hydrogen) atoms. The molecule has 6 nitrogen and oxygen atoms in total. The van der Waals surface area contributed by atoms with Crippen molar-refractivity contribution >= 4 is 17.4 Å². The average molecular weight is 257 g/mol. The third-order valence-corrected chi connectivity index (χ3v) is 2.64. The number of carbonyl (C=O) groups is 1. The summed E-state index contributed by atoms with van der Waals surface area (Å²) in [6.07, 6.45) is 5.83. The van der Waals surface area contributed by atoms with E-state index in [4.69, 9.17) is 11.5 Å². The van der Waals surface area contributed by atoms with Gasteiger partial charge in [-0.05, 0) is 24.1 Å². The van der Waals surface area contributed by atoms with Crippen LogP contribution in [-0.2, 0) is 6.42 Å². The predicted octanol–water partition coefficient (Wildman–Crippen LogP) is 0.812. The lowest BCUT2D eigenvalue weighted by molar-refractivity contribution is 0.100. The van der Waals surface area contributed by atoms with Gasteiger partial charge < -0.3 is 16.8 Å². The van der Waals surface area contributed by atoms with E-state index in [-0.39, 0.29) is 5.82 Å². The first-order valence-electron chi connectivity index (χ1n) is 5.85. The second-order valence-corrected chi connectivity index (χ2v) is 4.06. The Morgan fingerprint density at radius 2 is 2.21 bits per heavy atom. The van der Waals surface area contributed by atoms with Gasteiger partial charge in [0.1, 0.15) is 5.82 Å². The summed E-state index contributed by atoms with van der Waals surface area (Å²) in [5.74, 6) is -0.260. The lowest BCUT2D eigenvalue weighted by Crippen LogP contribution is -2.16. The molecule has 98 valence electrons. The summed E-state index contributed by atoms with van der Waals surface area (Å²) in [4.78, 5) is 19.3. The van der Waals surface area contributed by atoms with Crippen LogP contribution < -0.4 is 16.8 Å². The van der Waals surface area contributed by atoms with Crippen molar-refractivity contribution in [3.8, 4) is 0 Å². The summed E-state index contributed by atoms with van der Waals surface area (Å²) in [7, 11) is 0. The molecule has 0 radical (unpaired) electrons. The van der Waals surface area contributed by atoms with E-state index >= 15 is 0 Å². The molecule has 2 rings (SSSR count). The van der Waals surface area contributed by atoms with Gasteiger partial charge in [0.2, 0.25) is 0 Å². The van der Waals surface area contributed by atoms with Crippen LogP contribution in [0.3, 0.4) is 0 Å². The lowest BCUT2D eigenvalue weighted by Gasteiger charge is -2.10. The SMILES string of the molecule is NC(=O)c1cc(N)ncc1NCCc1cccnc1. The molecule has 0 saturated heterocycles. The lowest BCUT2D eigenvalue weighted by atomic mass is 10.2. The van der Waals surface area contributed by atoms with Crippen LogP contribution >= 0.6 is 0 Å². The zero-order valence-electron chi connectivity index (χ0n) is 10.3. The molecule has 2 aromatic rings. The molecule has 0 aliphatic heterocycles. The van der Waals surface area contributed by atoms with Crippen LogP contribution in [0, 0.1) is 0 Å². The summed E-state index contributed by atoms with van der Waals surface area (Å²) in [6, 6.07) is 5.34. The smallest absolute Gasteiger partial charge is 0.250 e. The second-order valence-electron chi connectivity index (χ2n) is 4.06. The molecule has 5 N–H and O–H groups in total. The fraction of sp³-hybridized carbons (Fsp3) is 0.154. The maximum atomic E-state index is 11.3. The highest BCUT2D eigenvalue weighted by atomic mass is 16.1. The molecule has 0 saturated carbocycles. The number of primary amides is 1. The number of rotatable bonds is 5. The zero-order valence-corrected chi connectivity index (χ0v) is 10.3. The molecule has 0 bridgehead atoms. The van der Waals surface area contributed by atoms with Crippen LogP contribution in [0.4, 0.5) is 11.5 Å². The number of nitrogens with zero attached hydrogens (tertiary/aromatic N) is 2. The third-order valence-electron chi connectivity index (χ3n) is 2.64. The van der Waals surface area contributed by atoms with Crippen LogP contribution in [0.5, 0.6) is 0 Å². The van der Waals surface area contributed by atoms with Gasteiger partial charge in [0.15, 0.2) is 0 Å². The summed E-state index contributed by atoms with van der Waals surface area (Å²) in [6.45, 7) is 0.650. The van der Waals surface area contributed by atoms with Crippen LogP contribution in [0.25, 0.3) is 0 Å². The predicted molar refractivity (Wildman–Crippen MR) is 73.6 cm³/mol. The minimum Gasteiger partial charge on any atom is -0.384 e. The minimum atomic E-state index is -0.530. The summed E-state index contributed by atoms with van der Waals surface area (Å²) in [5.41, 5.74) is 12.9. The first-order valence-corrected chi connectivity index (χ1v) is 5.85. The Balaban J connectivity index is 2.02. The average Bonchev–Trinajstić information content (AvgIpc) is 2.41. The Hall–Kier alpha value is -2.63. The van der Waals surface area contributed by atoms with E-state index < -0.39 is 5.91 Å². The monoisotopic (exact) mass is 257 g/mol. The van der Waals surface area contributed by atoms with Gasteiger partial charge in [0, 0.05) is 18.9 Å². The highest BCUT2D eigenvalue weighted by Crippen LogP contribution is 2.15. The second kappa shape index (κ2) is 5.81. The maximum Gasteiger partial charge on any atom is 0.250 e. The van der Waals surface area contributed by atoms with E-state index in [2.05, 4.69) is 15.3 Å². The number of amides is 1. The first-order chi connectivity index (χ1) is 9.16. The zero-order chi connectivity index (χ0) is 13.7. The number of pyridine rings is 2. The molecule has 0 fully saturated rings. The fourth-order valence-electron chi connectivity index (χ4n) is 1.70. The standard InChI is InChI=1S/C13H15N5O/c14-12-6-10(13(15)19)11(8-18-12)17-5-3-9-2-1-4-16-7-9/h1-2,4,6-8,17H,3,5H2,(H2,14,18)(H2,15,19). The maximum absolute atomic E-state index is 11.3. The number of nitrogens with two attached hydrogens (primary N) is 2. The van der Waals surface area contributed by atoms with Gasteiger partial charge in [-0.15, -0.1) is 0 Å². The van der Waals surface area contributed by atoms with E-state index in [1.165, 1.54) is 12.3 Å². The van der Waals surface area contributed by atoms with Gasteiger partial charge >= 0.3 is 0 Å². The van der Waals surface area contributed by atoms with E-state index in [0.29, 0.717) is 17.8 Å². The Morgan fingerprint density at radius 1 is 1.37 bits per heavy atom. The molecular formula is C13H15N5O. The van der Waals surface area contributed by atoms with Gasteiger partial charge in [-0.2, -0.15) is 0 Å². The Kier molecular flexibility index (Phi) is 3.92. The molecule has 0 aliphatic carbocycles. The molecule has 0 unspecified atom stereocenters. The van der Waals surface area contributed by atoms with Crippen LogP contribution in [0.15, 0.2) is 36.8 Å². The molecule has 2 aromatic heterocycles. The van der Waals surface area contributed by atoms with Crippen molar-refractivity contribution in [3.63, 3.8) is 0 Å². The van der Waals surface area contributed by atoms with Gasteiger partial charge in [-0.1, -0.05) is 6.07 Å². The Bertz CT molecular complexity index is 571. The summed E-state index contributed by atoms with van der Waals surface area (Å²) in [5, 5.41) is 3.12. The normalized spacial score (nSPS) is 10.1. The highest BCUT2D eigenvalue weighted by Gasteiger charge is 2.08. The molecule has 0 spiro atoms. The minimum absolute atomic E-state index is 0.270. The largest absolute Gasteiger partial charge is 0.384 e. The van der Waals surface area contributed by atoms with Gasteiger partial charge in [0.25, 0.3) is 5.91 Å². The number of nitrogens with one attached hydrogen (secondary N) is 1. The van der Waals surface area contributed by atoms with E-state index in [0.717, 1.165) is 12.0 Å². The molecule has 0 atom stereocenters. The van der Waals surface area contributed by atoms with Gasteiger partial charge in [-0.25, -0.2) is 4.98 Å². The quantitative estimate of drug-likeness (QED) is 0.734. The molecule has 0 aliphatic rings. The molecular weight excluding hydrogens is 242 g/mol. The molecule has 0 aromatic carbocycles. The van der Waals surface area contributed by atoms with E-state index in [1.54, 1.807) is 12.4 Å². The third kappa shape index (κ3) is 3.41. The number of anilines is 2. The first kappa shape index (κ1) is 12.8. The molecule has 6 heteroatoms. The van der Waals surface area contributed by atoms with Crippen molar-refractivity contribution < 1.29 is 4.79 Å². The van der Waals surface area contributed by atoms with Crippen LogP contribution in [0.1, 0.15) is 15.9 Å². The summed E-state index contributed by atoms with van der Waals surface area (Å²) >= 11 is 0. The van der Waals surface area contributed by atoms with Crippen molar-refractivity contribution in [1.82, 2.24) is 9.97 Å². The summed E-state index contributed by atoms with van der Waals surface area (Å²) < 4.78 is 0. The number of nitrogen functional groups attached to an aromatic ring is 1. The van der Waals surface area contributed by atoms with Crippen molar-refractivity contribution in [2.45, 2.75) is 6.42 Å². The van der Waals surface area contributed by atoms with E-state index in [9.17, 15) is 4.79 Å². The Morgan fingerprint density at radius 3 is 2.89 bits per heavy atom. The van der Waals surface area contributed by atoms with Crippen molar-refractivity contribution in [1.29, 1.82) is 0 Å². The number of hydrogen-bond acceptors (Lipinski definition) is 5. The van der Waals surface area contributed by atoms with Crippen molar-refractivity contribution in [3.05, 3.63) is 47.9 Å². The highest BCUT2D eigenvalue weighted by molar-refractivity contribution is 5.98. The number of hydrogen-bond donors (Lipinski definition) is 3. The van der Waals surface area contributed by atoms with Gasteiger partial charge in [-0.3, -0.25) is 9.78 Å². The Labute approximate surface area is 110 Å².